The van der Waals surface area contributed by atoms with Gasteiger partial charge in [0.2, 0.25) is 0 Å². The third kappa shape index (κ3) is 3.31. The van der Waals surface area contributed by atoms with E-state index >= 15 is 0 Å². The highest BCUT2D eigenvalue weighted by Gasteiger charge is 2.18. The van der Waals surface area contributed by atoms with Gasteiger partial charge < -0.3 is 5.11 Å². The van der Waals surface area contributed by atoms with Crippen molar-refractivity contribution in [2.75, 3.05) is 0 Å². The summed E-state index contributed by atoms with van der Waals surface area (Å²) >= 11 is 2.28. The van der Waals surface area contributed by atoms with Crippen LogP contribution in [-0.4, -0.2) is 26.0 Å². The van der Waals surface area contributed by atoms with Gasteiger partial charge >= 0.3 is 11.7 Å². The summed E-state index contributed by atoms with van der Waals surface area (Å²) in [4.78, 5) is 29.9. The molecule has 0 spiro atoms. The molecular formula is C11H9N3O4S2. The van der Waals surface area contributed by atoms with E-state index in [9.17, 15) is 14.9 Å². The Morgan fingerprint density at radius 1 is 1.60 bits per heavy atom. The highest BCUT2D eigenvalue weighted by Crippen LogP contribution is 2.36. The van der Waals surface area contributed by atoms with Crippen LogP contribution in [0, 0.1) is 17.0 Å². The van der Waals surface area contributed by atoms with Crippen LogP contribution in [0.25, 0.3) is 0 Å². The standard InChI is InChI=1S/C11H9N3O4S2/c1-6-8(5-9(15)16)19-11(13-6)20-10-7(14(17)18)3-2-4-12-10/h2-4H,5H2,1H3,(H,15,16). The Labute approximate surface area is 121 Å². The molecule has 104 valence electrons. The number of hydrogen-bond donors (Lipinski definition) is 1. The molecule has 0 aliphatic heterocycles. The fourth-order valence-corrected chi connectivity index (χ4v) is 3.63. The second-order valence-electron chi connectivity index (χ2n) is 3.75. The fraction of sp³-hybridized carbons (Fsp3) is 0.182. The van der Waals surface area contributed by atoms with Crippen molar-refractivity contribution >= 4 is 34.8 Å². The van der Waals surface area contributed by atoms with E-state index in [2.05, 4.69) is 9.97 Å². The highest BCUT2D eigenvalue weighted by molar-refractivity contribution is 8.01. The average Bonchev–Trinajstić information content (AvgIpc) is 2.69. The molecule has 0 fully saturated rings. The molecule has 2 aromatic heterocycles. The van der Waals surface area contributed by atoms with Crippen LogP contribution in [-0.2, 0) is 11.2 Å². The van der Waals surface area contributed by atoms with Gasteiger partial charge in [0.05, 0.1) is 17.0 Å². The van der Waals surface area contributed by atoms with Crippen LogP contribution >= 0.6 is 23.1 Å². The quantitative estimate of drug-likeness (QED) is 0.668. The number of carbonyl (C=O) groups is 1. The van der Waals surface area contributed by atoms with E-state index in [0.717, 1.165) is 11.8 Å². The summed E-state index contributed by atoms with van der Waals surface area (Å²) in [5, 5.41) is 19.9. The molecule has 20 heavy (non-hydrogen) atoms. The normalized spacial score (nSPS) is 10.4. The van der Waals surface area contributed by atoms with E-state index in [1.165, 1.54) is 29.7 Å². The number of pyridine rings is 1. The fourth-order valence-electron chi connectivity index (χ4n) is 1.43. The summed E-state index contributed by atoms with van der Waals surface area (Å²) in [5.74, 6) is -0.933. The zero-order valence-electron chi connectivity index (χ0n) is 10.3. The highest BCUT2D eigenvalue weighted by atomic mass is 32.2. The second kappa shape index (κ2) is 5.97. The molecule has 9 heteroatoms. The van der Waals surface area contributed by atoms with E-state index in [-0.39, 0.29) is 17.1 Å². The largest absolute Gasteiger partial charge is 0.481 e. The molecular weight excluding hydrogens is 302 g/mol. The van der Waals surface area contributed by atoms with Crippen molar-refractivity contribution in [3.05, 3.63) is 39.0 Å². The van der Waals surface area contributed by atoms with Crippen LogP contribution in [0.2, 0.25) is 0 Å². The number of aromatic nitrogens is 2. The number of aryl methyl sites for hydroxylation is 1. The van der Waals surface area contributed by atoms with E-state index in [1.807, 2.05) is 0 Å². The maximum absolute atomic E-state index is 10.9. The van der Waals surface area contributed by atoms with Crippen molar-refractivity contribution < 1.29 is 14.8 Å². The minimum Gasteiger partial charge on any atom is -0.481 e. The molecule has 2 aromatic rings. The number of thiazole rings is 1. The zero-order chi connectivity index (χ0) is 14.7. The number of nitrogens with zero attached hydrogens (tertiary/aromatic N) is 3. The molecule has 0 bridgehead atoms. The minimum atomic E-state index is -0.933. The first-order valence-electron chi connectivity index (χ1n) is 5.42. The average molecular weight is 311 g/mol. The van der Waals surface area contributed by atoms with Crippen molar-refractivity contribution in [1.29, 1.82) is 0 Å². The minimum absolute atomic E-state index is 0.0925. The first-order chi connectivity index (χ1) is 9.47. The van der Waals surface area contributed by atoms with Crippen molar-refractivity contribution in [3.63, 3.8) is 0 Å². The topological polar surface area (TPSA) is 106 Å². The Kier molecular flexibility index (Phi) is 4.30. The molecule has 2 heterocycles. The summed E-state index contributed by atoms with van der Waals surface area (Å²) in [6.45, 7) is 1.71. The monoisotopic (exact) mass is 311 g/mol. The van der Waals surface area contributed by atoms with Gasteiger partial charge in [-0.25, -0.2) is 9.97 Å². The van der Waals surface area contributed by atoms with Crippen LogP contribution < -0.4 is 0 Å². The van der Waals surface area contributed by atoms with Crippen LogP contribution in [0.4, 0.5) is 5.69 Å². The SMILES string of the molecule is Cc1nc(Sc2ncccc2[N+](=O)[O-])sc1CC(=O)O. The number of hydrogen-bond acceptors (Lipinski definition) is 7. The Morgan fingerprint density at radius 2 is 2.35 bits per heavy atom. The summed E-state index contributed by atoms with van der Waals surface area (Å²) in [5.41, 5.74) is 0.531. The number of rotatable bonds is 5. The molecule has 0 unspecified atom stereocenters. The van der Waals surface area contributed by atoms with Gasteiger partial charge in [0.25, 0.3) is 0 Å². The summed E-state index contributed by atoms with van der Waals surface area (Å²) in [7, 11) is 0. The van der Waals surface area contributed by atoms with Crippen LogP contribution in [0.1, 0.15) is 10.6 Å². The summed E-state index contributed by atoms with van der Waals surface area (Å²) in [6.07, 6.45) is 1.36. The van der Waals surface area contributed by atoms with Crippen molar-refractivity contribution in [3.8, 4) is 0 Å². The predicted molar refractivity (Wildman–Crippen MR) is 73.2 cm³/mol. The molecule has 0 amide bonds. The van der Waals surface area contributed by atoms with Gasteiger partial charge in [0.1, 0.15) is 0 Å². The smallest absolute Gasteiger partial charge is 0.308 e. The summed E-state index contributed by atoms with van der Waals surface area (Å²) in [6, 6.07) is 2.86. The number of carboxylic acids is 1. The zero-order valence-corrected chi connectivity index (χ0v) is 11.9. The molecule has 0 radical (unpaired) electrons. The number of nitro groups is 1. The lowest BCUT2D eigenvalue weighted by Gasteiger charge is -1.97. The number of aliphatic carboxylic acids is 1. The first-order valence-corrected chi connectivity index (χ1v) is 7.06. The first kappa shape index (κ1) is 14.4. The van der Waals surface area contributed by atoms with E-state index < -0.39 is 10.9 Å². The molecule has 0 aromatic carbocycles. The molecule has 0 aliphatic carbocycles. The Morgan fingerprint density at radius 3 is 3.00 bits per heavy atom. The van der Waals surface area contributed by atoms with Crippen molar-refractivity contribution in [1.82, 2.24) is 9.97 Å². The van der Waals surface area contributed by atoms with Crippen molar-refractivity contribution in [2.45, 2.75) is 22.7 Å². The van der Waals surface area contributed by atoms with E-state index in [4.69, 9.17) is 5.11 Å². The molecule has 0 saturated heterocycles. The predicted octanol–water partition coefficient (Wildman–Crippen LogP) is 2.53. The van der Waals surface area contributed by atoms with Crippen molar-refractivity contribution in [2.24, 2.45) is 0 Å². The maximum atomic E-state index is 10.9. The summed E-state index contributed by atoms with van der Waals surface area (Å²) < 4.78 is 0.542. The van der Waals surface area contributed by atoms with Gasteiger partial charge in [-0.3, -0.25) is 14.9 Å². The van der Waals surface area contributed by atoms with E-state index in [0.29, 0.717) is 14.9 Å². The maximum Gasteiger partial charge on any atom is 0.308 e. The lowest BCUT2D eigenvalue weighted by molar-refractivity contribution is -0.388. The van der Waals surface area contributed by atoms with Gasteiger partial charge in [0, 0.05) is 17.1 Å². The molecule has 7 nitrogen and oxygen atoms in total. The Balaban J connectivity index is 2.27. The third-order valence-corrected chi connectivity index (χ3v) is 4.54. The third-order valence-electron chi connectivity index (χ3n) is 2.32. The number of carboxylic acid groups (broad SMARTS) is 1. The lowest BCUT2D eigenvalue weighted by atomic mass is 10.3. The van der Waals surface area contributed by atoms with Crippen LogP contribution in [0.15, 0.2) is 27.7 Å². The Hall–Kier alpha value is -2.00. The van der Waals surface area contributed by atoms with Gasteiger partial charge in [0.15, 0.2) is 9.37 Å². The van der Waals surface area contributed by atoms with Gasteiger partial charge in [-0.05, 0) is 24.8 Å². The van der Waals surface area contributed by atoms with Gasteiger partial charge in [-0.15, -0.1) is 11.3 Å². The lowest BCUT2D eigenvalue weighted by Crippen LogP contribution is -1.99. The molecule has 0 saturated carbocycles. The molecule has 1 N–H and O–H groups in total. The molecule has 2 rings (SSSR count). The Bertz CT molecular complexity index is 671. The van der Waals surface area contributed by atoms with Gasteiger partial charge in [-0.2, -0.15) is 0 Å². The van der Waals surface area contributed by atoms with Gasteiger partial charge in [-0.1, -0.05) is 0 Å². The van der Waals surface area contributed by atoms with Crippen LogP contribution in [0.5, 0.6) is 0 Å². The van der Waals surface area contributed by atoms with Crippen LogP contribution in [0.3, 0.4) is 0 Å². The second-order valence-corrected chi connectivity index (χ2v) is 6.07. The molecule has 0 aliphatic rings. The van der Waals surface area contributed by atoms with E-state index in [1.54, 1.807) is 6.92 Å². The molecule has 0 atom stereocenters.